The van der Waals surface area contributed by atoms with Crippen molar-refractivity contribution in [3.05, 3.63) is 34.3 Å². The van der Waals surface area contributed by atoms with E-state index in [0.29, 0.717) is 21.8 Å². The zero-order valence-electron chi connectivity index (χ0n) is 7.58. The summed E-state index contributed by atoms with van der Waals surface area (Å²) >= 11 is 3.08. The molecular formula is C9H7BrFN3O. The highest BCUT2D eigenvalue weighted by Crippen LogP contribution is 2.23. The number of nitrogens with two attached hydrogens (primary N) is 1. The maximum Gasteiger partial charge on any atom is 0.258 e. The summed E-state index contributed by atoms with van der Waals surface area (Å²) in [7, 11) is 0. The van der Waals surface area contributed by atoms with Crippen molar-refractivity contribution < 1.29 is 8.91 Å². The maximum atomic E-state index is 13.0. The standard InChI is InChI=1S/C9H7BrFN3O/c10-6-3-5(1-2-7(6)11)9-13-8(4-12)14-15-9/h1-3H,4,12H2. The van der Waals surface area contributed by atoms with Gasteiger partial charge < -0.3 is 10.3 Å². The molecule has 0 fully saturated rings. The molecule has 0 amide bonds. The Morgan fingerprint density at radius 3 is 2.87 bits per heavy atom. The van der Waals surface area contributed by atoms with E-state index in [9.17, 15) is 4.39 Å². The summed E-state index contributed by atoms with van der Waals surface area (Å²) in [5.74, 6) is 0.416. The predicted molar refractivity (Wildman–Crippen MR) is 55.3 cm³/mol. The van der Waals surface area contributed by atoms with Gasteiger partial charge in [-0.1, -0.05) is 5.16 Å². The fourth-order valence-corrected chi connectivity index (χ4v) is 1.46. The molecule has 0 unspecified atom stereocenters. The Morgan fingerprint density at radius 2 is 2.27 bits per heavy atom. The molecule has 0 spiro atoms. The zero-order valence-corrected chi connectivity index (χ0v) is 9.16. The van der Waals surface area contributed by atoms with Gasteiger partial charge in [-0.05, 0) is 34.1 Å². The van der Waals surface area contributed by atoms with Crippen LogP contribution in [-0.4, -0.2) is 10.1 Å². The van der Waals surface area contributed by atoms with E-state index in [2.05, 4.69) is 26.1 Å². The Labute approximate surface area is 93.4 Å². The van der Waals surface area contributed by atoms with Crippen LogP contribution in [0.1, 0.15) is 5.82 Å². The molecule has 0 atom stereocenters. The van der Waals surface area contributed by atoms with Crippen LogP contribution in [0.25, 0.3) is 11.5 Å². The SMILES string of the molecule is NCc1noc(-c2ccc(F)c(Br)c2)n1. The molecule has 1 aromatic carbocycles. The Morgan fingerprint density at radius 1 is 1.47 bits per heavy atom. The van der Waals surface area contributed by atoms with Gasteiger partial charge in [0, 0.05) is 5.56 Å². The maximum absolute atomic E-state index is 13.0. The third-order valence-corrected chi connectivity index (χ3v) is 2.42. The molecule has 2 N–H and O–H groups in total. The fraction of sp³-hybridized carbons (Fsp3) is 0.111. The minimum Gasteiger partial charge on any atom is -0.334 e. The van der Waals surface area contributed by atoms with Gasteiger partial charge >= 0.3 is 0 Å². The largest absolute Gasteiger partial charge is 0.334 e. The van der Waals surface area contributed by atoms with Crippen LogP contribution in [-0.2, 0) is 6.54 Å². The molecule has 2 rings (SSSR count). The van der Waals surface area contributed by atoms with Gasteiger partial charge in [-0.15, -0.1) is 0 Å². The minimum atomic E-state index is -0.336. The number of hydrogen-bond donors (Lipinski definition) is 1. The average molecular weight is 272 g/mol. The summed E-state index contributed by atoms with van der Waals surface area (Å²) in [6.07, 6.45) is 0. The minimum absolute atomic E-state index is 0.214. The second-order valence-corrected chi connectivity index (χ2v) is 3.70. The molecule has 6 heteroatoms. The van der Waals surface area contributed by atoms with E-state index >= 15 is 0 Å². The molecule has 15 heavy (non-hydrogen) atoms. The van der Waals surface area contributed by atoms with Gasteiger partial charge in [-0.3, -0.25) is 0 Å². The van der Waals surface area contributed by atoms with Crippen molar-refractivity contribution in [1.82, 2.24) is 10.1 Å². The molecule has 78 valence electrons. The van der Waals surface area contributed by atoms with Crippen molar-refractivity contribution in [2.75, 3.05) is 0 Å². The quantitative estimate of drug-likeness (QED) is 0.909. The highest BCUT2D eigenvalue weighted by molar-refractivity contribution is 9.10. The normalized spacial score (nSPS) is 10.6. The first kappa shape index (κ1) is 10.3. The monoisotopic (exact) mass is 271 g/mol. The number of halogens is 2. The smallest absolute Gasteiger partial charge is 0.258 e. The summed E-state index contributed by atoms with van der Waals surface area (Å²) in [5, 5.41) is 3.64. The van der Waals surface area contributed by atoms with Gasteiger partial charge in [0.25, 0.3) is 5.89 Å². The lowest BCUT2D eigenvalue weighted by atomic mass is 10.2. The van der Waals surface area contributed by atoms with E-state index < -0.39 is 0 Å². The number of benzene rings is 1. The molecular weight excluding hydrogens is 265 g/mol. The van der Waals surface area contributed by atoms with Gasteiger partial charge in [0.05, 0.1) is 11.0 Å². The fourth-order valence-electron chi connectivity index (χ4n) is 1.08. The lowest BCUT2D eigenvalue weighted by Gasteiger charge is -1.96. The van der Waals surface area contributed by atoms with Crippen molar-refractivity contribution in [3.63, 3.8) is 0 Å². The molecule has 0 saturated carbocycles. The first-order chi connectivity index (χ1) is 7.20. The van der Waals surface area contributed by atoms with Gasteiger partial charge in [0.15, 0.2) is 5.82 Å². The van der Waals surface area contributed by atoms with Gasteiger partial charge in [-0.2, -0.15) is 4.98 Å². The van der Waals surface area contributed by atoms with Crippen molar-refractivity contribution in [2.45, 2.75) is 6.54 Å². The second kappa shape index (κ2) is 4.08. The third-order valence-electron chi connectivity index (χ3n) is 1.82. The highest BCUT2D eigenvalue weighted by atomic mass is 79.9. The molecule has 0 aliphatic rings. The predicted octanol–water partition coefficient (Wildman–Crippen LogP) is 2.10. The molecule has 0 aliphatic carbocycles. The Kier molecular flexibility index (Phi) is 2.79. The summed E-state index contributed by atoms with van der Waals surface area (Å²) < 4.78 is 18.3. The van der Waals surface area contributed by atoms with Crippen molar-refractivity contribution in [2.24, 2.45) is 5.73 Å². The van der Waals surface area contributed by atoms with Gasteiger partial charge in [-0.25, -0.2) is 4.39 Å². The summed E-state index contributed by atoms with van der Waals surface area (Å²) in [5.41, 5.74) is 5.99. The van der Waals surface area contributed by atoms with E-state index in [1.807, 2.05) is 0 Å². The lowest BCUT2D eigenvalue weighted by Crippen LogP contribution is -1.97. The van der Waals surface area contributed by atoms with Crippen molar-refractivity contribution in [1.29, 1.82) is 0 Å². The van der Waals surface area contributed by atoms with Crippen LogP contribution in [0.15, 0.2) is 27.2 Å². The van der Waals surface area contributed by atoms with Crippen LogP contribution in [0.4, 0.5) is 4.39 Å². The number of aromatic nitrogens is 2. The van der Waals surface area contributed by atoms with Crippen molar-refractivity contribution >= 4 is 15.9 Å². The first-order valence-electron chi connectivity index (χ1n) is 4.19. The Balaban J connectivity index is 2.40. The molecule has 1 aromatic heterocycles. The Hall–Kier alpha value is -1.27. The average Bonchev–Trinajstić information content (AvgIpc) is 2.70. The van der Waals surface area contributed by atoms with E-state index in [1.54, 1.807) is 12.1 Å². The van der Waals surface area contributed by atoms with Crippen LogP contribution in [0.2, 0.25) is 0 Å². The molecule has 1 heterocycles. The topological polar surface area (TPSA) is 64.9 Å². The summed E-state index contributed by atoms with van der Waals surface area (Å²) in [4.78, 5) is 4.02. The molecule has 2 aromatic rings. The second-order valence-electron chi connectivity index (χ2n) is 2.85. The molecule has 0 saturated heterocycles. The van der Waals surface area contributed by atoms with Crippen LogP contribution in [0.5, 0.6) is 0 Å². The lowest BCUT2D eigenvalue weighted by molar-refractivity contribution is 0.422. The Bertz CT molecular complexity index is 486. The third kappa shape index (κ3) is 2.05. The zero-order chi connectivity index (χ0) is 10.8. The van der Waals surface area contributed by atoms with Crippen LogP contribution >= 0.6 is 15.9 Å². The van der Waals surface area contributed by atoms with Crippen LogP contribution in [0.3, 0.4) is 0 Å². The summed E-state index contributed by atoms with van der Waals surface area (Å²) in [6, 6.07) is 4.46. The molecule has 0 aliphatic heterocycles. The highest BCUT2D eigenvalue weighted by Gasteiger charge is 2.09. The number of hydrogen-bond acceptors (Lipinski definition) is 4. The number of rotatable bonds is 2. The first-order valence-corrected chi connectivity index (χ1v) is 4.98. The molecule has 0 bridgehead atoms. The van der Waals surface area contributed by atoms with Gasteiger partial charge in [0.1, 0.15) is 5.82 Å². The van der Waals surface area contributed by atoms with Crippen molar-refractivity contribution in [3.8, 4) is 11.5 Å². The molecule has 0 radical (unpaired) electrons. The molecule has 4 nitrogen and oxygen atoms in total. The van der Waals surface area contributed by atoms with E-state index in [1.165, 1.54) is 6.07 Å². The summed E-state index contributed by atoms with van der Waals surface area (Å²) in [6.45, 7) is 0.214. The number of nitrogens with zero attached hydrogens (tertiary/aromatic N) is 2. The van der Waals surface area contributed by atoms with Gasteiger partial charge in [0.2, 0.25) is 0 Å². The van der Waals surface area contributed by atoms with Crippen LogP contribution in [0, 0.1) is 5.82 Å². The van der Waals surface area contributed by atoms with E-state index in [4.69, 9.17) is 10.3 Å². The van der Waals surface area contributed by atoms with E-state index in [0.717, 1.165) is 0 Å². The van der Waals surface area contributed by atoms with Crippen LogP contribution < -0.4 is 5.73 Å². The van der Waals surface area contributed by atoms with E-state index in [-0.39, 0.29) is 12.4 Å².